The number of hydrogen-bond acceptors (Lipinski definition) is 2. The molecule has 0 saturated heterocycles. The van der Waals surface area contributed by atoms with Crippen LogP contribution in [0.5, 0.6) is 0 Å². The zero-order valence-electron chi connectivity index (χ0n) is 10.1. The van der Waals surface area contributed by atoms with E-state index in [1.165, 1.54) is 38.5 Å². The summed E-state index contributed by atoms with van der Waals surface area (Å²) in [6.07, 6.45) is 9.95. The highest BCUT2D eigenvalue weighted by Gasteiger charge is 2.21. The van der Waals surface area contributed by atoms with E-state index in [1.807, 2.05) is 0 Å². The molecule has 0 aromatic carbocycles. The highest BCUT2D eigenvalue weighted by molar-refractivity contribution is 4.74. The van der Waals surface area contributed by atoms with Crippen LogP contribution in [0.15, 0.2) is 0 Å². The van der Waals surface area contributed by atoms with Crippen molar-refractivity contribution in [1.29, 1.82) is 0 Å². The second kappa shape index (κ2) is 7.24. The third kappa shape index (κ3) is 4.52. The lowest BCUT2D eigenvalue weighted by molar-refractivity contribution is 0.0801. The Morgan fingerprint density at radius 3 is 2.27 bits per heavy atom. The smallest absolute Gasteiger partial charge is 0.0583 e. The van der Waals surface area contributed by atoms with Gasteiger partial charge in [-0.05, 0) is 31.2 Å². The van der Waals surface area contributed by atoms with Gasteiger partial charge in [0.1, 0.15) is 0 Å². The maximum absolute atomic E-state index is 10.1. The summed E-state index contributed by atoms with van der Waals surface area (Å²) in [4.78, 5) is 0. The highest BCUT2D eigenvalue weighted by atomic mass is 16.3. The first kappa shape index (κ1) is 13.0. The number of hydrogen-bond donors (Lipinski definition) is 2. The Morgan fingerprint density at radius 2 is 1.80 bits per heavy atom. The monoisotopic (exact) mass is 213 g/mol. The molecule has 0 aromatic rings. The molecule has 2 nitrogen and oxygen atoms in total. The number of aliphatic hydroxyl groups is 1. The largest absolute Gasteiger partial charge is 0.393 e. The Labute approximate surface area is 94.2 Å². The van der Waals surface area contributed by atoms with Crippen molar-refractivity contribution in [1.82, 2.24) is 0 Å². The zero-order valence-corrected chi connectivity index (χ0v) is 10.1. The molecule has 2 unspecified atom stereocenters. The molecular formula is C13H27NO. The average Bonchev–Trinajstić information content (AvgIpc) is 2.48. The molecule has 0 amide bonds. The third-order valence-electron chi connectivity index (χ3n) is 3.92. The third-order valence-corrected chi connectivity index (χ3v) is 3.92. The van der Waals surface area contributed by atoms with Crippen molar-refractivity contribution in [2.75, 3.05) is 6.54 Å². The van der Waals surface area contributed by atoms with Crippen LogP contribution in [0.2, 0.25) is 0 Å². The molecule has 3 N–H and O–H groups in total. The van der Waals surface area contributed by atoms with E-state index in [1.54, 1.807) is 0 Å². The minimum atomic E-state index is -0.164. The Hall–Kier alpha value is -0.0800. The topological polar surface area (TPSA) is 46.2 Å². The maximum atomic E-state index is 10.1. The number of nitrogens with two attached hydrogens (primary N) is 1. The van der Waals surface area contributed by atoms with Crippen molar-refractivity contribution in [3.63, 3.8) is 0 Å². The van der Waals surface area contributed by atoms with Gasteiger partial charge in [-0.3, -0.25) is 0 Å². The van der Waals surface area contributed by atoms with Gasteiger partial charge in [0.25, 0.3) is 0 Å². The minimum absolute atomic E-state index is 0.164. The predicted molar refractivity (Wildman–Crippen MR) is 64.7 cm³/mol. The van der Waals surface area contributed by atoms with E-state index in [4.69, 9.17) is 5.73 Å². The van der Waals surface area contributed by atoms with E-state index in [9.17, 15) is 5.11 Å². The maximum Gasteiger partial charge on any atom is 0.0583 e. The summed E-state index contributed by atoms with van der Waals surface area (Å²) in [6, 6.07) is 0. The molecule has 0 aromatic heterocycles. The molecule has 1 aliphatic rings. The van der Waals surface area contributed by atoms with Crippen LogP contribution in [0.25, 0.3) is 0 Å². The number of aliphatic hydroxyl groups excluding tert-OH is 1. The fourth-order valence-electron chi connectivity index (χ4n) is 2.73. The van der Waals surface area contributed by atoms with E-state index in [0.717, 1.165) is 18.8 Å². The van der Waals surface area contributed by atoms with Gasteiger partial charge < -0.3 is 10.8 Å². The summed E-state index contributed by atoms with van der Waals surface area (Å²) in [5.74, 6) is 1.07. The van der Waals surface area contributed by atoms with Crippen LogP contribution in [0.3, 0.4) is 0 Å². The summed E-state index contributed by atoms with van der Waals surface area (Å²) < 4.78 is 0. The standard InChI is InChI=1S/C13H27NO/c1-2-12(10-14)13(15)9-11-7-5-3-4-6-8-11/h11-13,15H,2-10,14H2,1H3. The Bertz CT molecular complexity index is 149. The normalized spacial score (nSPS) is 23.4. The first-order valence-corrected chi connectivity index (χ1v) is 6.66. The van der Waals surface area contributed by atoms with Gasteiger partial charge in [0.2, 0.25) is 0 Å². The predicted octanol–water partition coefficient (Wildman–Crippen LogP) is 2.69. The minimum Gasteiger partial charge on any atom is -0.393 e. The van der Waals surface area contributed by atoms with Crippen LogP contribution in [0.4, 0.5) is 0 Å². The summed E-state index contributed by atoms with van der Waals surface area (Å²) in [5.41, 5.74) is 5.66. The number of rotatable bonds is 5. The molecule has 2 atom stereocenters. The van der Waals surface area contributed by atoms with Crippen LogP contribution >= 0.6 is 0 Å². The molecule has 0 aliphatic heterocycles. The van der Waals surface area contributed by atoms with Gasteiger partial charge in [-0.1, -0.05) is 45.4 Å². The zero-order chi connectivity index (χ0) is 11.1. The lowest BCUT2D eigenvalue weighted by atomic mass is 9.87. The SMILES string of the molecule is CCC(CN)C(O)CC1CCCCCC1. The van der Waals surface area contributed by atoms with Crippen LogP contribution in [0.1, 0.15) is 58.3 Å². The fraction of sp³-hybridized carbons (Fsp3) is 1.00. The molecule has 1 saturated carbocycles. The van der Waals surface area contributed by atoms with Gasteiger partial charge in [-0.2, -0.15) is 0 Å². The van der Waals surface area contributed by atoms with Gasteiger partial charge >= 0.3 is 0 Å². The Balaban J connectivity index is 2.31. The molecule has 0 bridgehead atoms. The van der Waals surface area contributed by atoms with Gasteiger partial charge in [0.15, 0.2) is 0 Å². The van der Waals surface area contributed by atoms with Crippen LogP contribution < -0.4 is 5.73 Å². The molecular weight excluding hydrogens is 186 g/mol. The lowest BCUT2D eigenvalue weighted by Gasteiger charge is -2.24. The molecule has 2 heteroatoms. The van der Waals surface area contributed by atoms with Crippen molar-refractivity contribution < 1.29 is 5.11 Å². The molecule has 0 radical (unpaired) electrons. The van der Waals surface area contributed by atoms with Gasteiger partial charge in [0.05, 0.1) is 6.10 Å². The molecule has 1 fully saturated rings. The van der Waals surface area contributed by atoms with Crippen LogP contribution in [0, 0.1) is 11.8 Å². The Kier molecular flexibility index (Phi) is 6.26. The van der Waals surface area contributed by atoms with E-state index in [0.29, 0.717) is 12.5 Å². The van der Waals surface area contributed by atoms with Gasteiger partial charge in [0, 0.05) is 0 Å². The van der Waals surface area contributed by atoms with Gasteiger partial charge in [-0.25, -0.2) is 0 Å². The van der Waals surface area contributed by atoms with Crippen molar-refractivity contribution >= 4 is 0 Å². The van der Waals surface area contributed by atoms with E-state index < -0.39 is 0 Å². The molecule has 1 rings (SSSR count). The molecule has 15 heavy (non-hydrogen) atoms. The highest BCUT2D eigenvalue weighted by Crippen LogP contribution is 2.28. The molecule has 0 spiro atoms. The molecule has 90 valence electrons. The summed E-state index contributed by atoms with van der Waals surface area (Å²) in [5, 5.41) is 10.1. The summed E-state index contributed by atoms with van der Waals surface area (Å²) in [6.45, 7) is 2.75. The fourth-order valence-corrected chi connectivity index (χ4v) is 2.73. The van der Waals surface area contributed by atoms with Crippen molar-refractivity contribution in [3.8, 4) is 0 Å². The first-order chi connectivity index (χ1) is 7.27. The quantitative estimate of drug-likeness (QED) is 0.690. The van der Waals surface area contributed by atoms with Crippen LogP contribution in [-0.4, -0.2) is 17.8 Å². The first-order valence-electron chi connectivity index (χ1n) is 6.66. The van der Waals surface area contributed by atoms with E-state index >= 15 is 0 Å². The Morgan fingerprint density at radius 1 is 1.20 bits per heavy atom. The van der Waals surface area contributed by atoms with E-state index in [2.05, 4.69) is 6.92 Å². The molecule has 0 heterocycles. The molecule has 1 aliphatic carbocycles. The van der Waals surface area contributed by atoms with Crippen LogP contribution in [-0.2, 0) is 0 Å². The van der Waals surface area contributed by atoms with Crippen molar-refractivity contribution in [2.24, 2.45) is 17.6 Å². The van der Waals surface area contributed by atoms with Crippen molar-refractivity contribution in [2.45, 2.75) is 64.4 Å². The van der Waals surface area contributed by atoms with Gasteiger partial charge in [-0.15, -0.1) is 0 Å². The average molecular weight is 213 g/mol. The second-order valence-electron chi connectivity index (χ2n) is 5.06. The van der Waals surface area contributed by atoms with E-state index in [-0.39, 0.29) is 6.10 Å². The van der Waals surface area contributed by atoms with Crippen molar-refractivity contribution in [3.05, 3.63) is 0 Å². The summed E-state index contributed by atoms with van der Waals surface area (Å²) >= 11 is 0. The second-order valence-corrected chi connectivity index (χ2v) is 5.06. The lowest BCUT2D eigenvalue weighted by Crippen LogP contribution is -2.29. The summed E-state index contributed by atoms with van der Waals surface area (Å²) in [7, 11) is 0.